The second-order valence-electron chi connectivity index (χ2n) is 3.63. The lowest BCUT2D eigenvalue weighted by molar-refractivity contribution is 0.600. The predicted octanol–water partition coefficient (Wildman–Crippen LogP) is 2.06. The summed E-state index contributed by atoms with van der Waals surface area (Å²) in [5.41, 5.74) is 1.17. The standard InChI is InChI=1S/C11H16N4S/c1-3-5-15-8-9(7-14-15)10(12-2)11-13-4-6-16-11/h4,6-8,10,12H,3,5H2,1-2H3. The highest BCUT2D eigenvalue weighted by Gasteiger charge is 2.15. The second kappa shape index (κ2) is 5.23. The molecule has 0 spiro atoms. The van der Waals surface area contributed by atoms with Crippen LogP contribution >= 0.6 is 11.3 Å². The summed E-state index contributed by atoms with van der Waals surface area (Å²) in [5, 5.41) is 10.7. The fourth-order valence-corrected chi connectivity index (χ4v) is 2.46. The molecule has 16 heavy (non-hydrogen) atoms. The van der Waals surface area contributed by atoms with Crippen LogP contribution < -0.4 is 5.32 Å². The zero-order chi connectivity index (χ0) is 11.4. The average molecular weight is 236 g/mol. The summed E-state index contributed by atoms with van der Waals surface area (Å²) < 4.78 is 1.98. The van der Waals surface area contributed by atoms with Crippen LogP contribution in [-0.2, 0) is 6.54 Å². The van der Waals surface area contributed by atoms with Crippen molar-refractivity contribution in [1.29, 1.82) is 0 Å². The van der Waals surface area contributed by atoms with Gasteiger partial charge in [-0.15, -0.1) is 11.3 Å². The first-order chi connectivity index (χ1) is 7.85. The molecule has 0 saturated carbocycles. The molecule has 0 aliphatic carbocycles. The number of aryl methyl sites for hydroxylation is 1. The summed E-state index contributed by atoms with van der Waals surface area (Å²) in [5.74, 6) is 0. The van der Waals surface area contributed by atoms with E-state index in [0.29, 0.717) is 0 Å². The van der Waals surface area contributed by atoms with Gasteiger partial charge in [0.05, 0.1) is 12.2 Å². The summed E-state index contributed by atoms with van der Waals surface area (Å²) in [4.78, 5) is 4.34. The van der Waals surface area contributed by atoms with Crippen LogP contribution in [0.5, 0.6) is 0 Å². The van der Waals surface area contributed by atoms with Gasteiger partial charge in [-0.2, -0.15) is 5.10 Å². The van der Waals surface area contributed by atoms with Gasteiger partial charge in [0, 0.05) is 29.9 Å². The van der Waals surface area contributed by atoms with Gasteiger partial charge < -0.3 is 5.32 Å². The van der Waals surface area contributed by atoms with Crippen LogP contribution in [0.3, 0.4) is 0 Å². The van der Waals surface area contributed by atoms with Crippen molar-refractivity contribution in [2.24, 2.45) is 0 Å². The average Bonchev–Trinajstić information content (AvgIpc) is 2.92. The lowest BCUT2D eigenvalue weighted by atomic mass is 10.2. The smallest absolute Gasteiger partial charge is 0.114 e. The van der Waals surface area contributed by atoms with Gasteiger partial charge in [0.15, 0.2) is 0 Å². The molecule has 2 heterocycles. The van der Waals surface area contributed by atoms with E-state index in [1.807, 2.05) is 29.5 Å². The minimum absolute atomic E-state index is 0.158. The minimum Gasteiger partial charge on any atom is -0.307 e. The quantitative estimate of drug-likeness (QED) is 0.864. The van der Waals surface area contributed by atoms with E-state index in [-0.39, 0.29) is 6.04 Å². The molecule has 0 aliphatic heterocycles. The monoisotopic (exact) mass is 236 g/mol. The van der Waals surface area contributed by atoms with Crippen molar-refractivity contribution in [1.82, 2.24) is 20.1 Å². The van der Waals surface area contributed by atoms with E-state index >= 15 is 0 Å². The van der Waals surface area contributed by atoms with E-state index < -0.39 is 0 Å². The van der Waals surface area contributed by atoms with E-state index in [4.69, 9.17) is 0 Å². The van der Waals surface area contributed by atoms with Crippen molar-refractivity contribution in [2.75, 3.05) is 7.05 Å². The maximum atomic E-state index is 4.34. The van der Waals surface area contributed by atoms with Crippen LogP contribution in [0.25, 0.3) is 0 Å². The molecule has 4 nitrogen and oxygen atoms in total. The van der Waals surface area contributed by atoms with Crippen LogP contribution in [0.15, 0.2) is 24.0 Å². The van der Waals surface area contributed by atoms with E-state index in [0.717, 1.165) is 18.0 Å². The second-order valence-corrected chi connectivity index (χ2v) is 4.55. The number of nitrogens with one attached hydrogen (secondary N) is 1. The van der Waals surface area contributed by atoms with Gasteiger partial charge in [0.2, 0.25) is 0 Å². The van der Waals surface area contributed by atoms with Gasteiger partial charge in [-0.25, -0.2) is 4.98 Å². The third-order valence-electron chi connectivity index (χ3n) is 2.43. The number of hydrogen-bond acceptors (Lipinski definition) is 4. The molecule has 2 rings (SSSR count). The summed E-state index contributed by atoms with van der Waals surface area (Å²) in [6.45, 7) is 3.12. The van der Waals surface area contributed by atoms with Crippen LogP contribution in [0.4, 0.5) is 0 Å². The molecule has 0 amide bonds. The Hall–Kier alpha value is -1.20. The van der Waals surface area contributed by atoms with Crippen molar-refractivity contribution >= 4 is 11.3 Å². The molecule has 2 aromatic heterocycles. The molecule has 1 atom stereocenters. The molecule has 0 radical (unpaired) electrons. The summed E-state index contributed by atoms with van der Waals surface area (Å²) >= 11 is 1.66. The zero-order valence-corrected chi connectivity index (χ0v) is 10.4. The SMILES string of the molecule is CCCn1cc(C(NC)c2nccs2)cn1. The van der Waals surface area contributed by atoms with Crippen molar-refractivity contribution in [3.63, 3.8) is 0 Å². The summed E-state index contributed by atoms with van der Waals surface area (Å²) in [7, 11) is 1.95. The minimum atomic E-state index is 0.158. The molecule has 1 unspecified atom stereocenters. The fraction of sp³-hybridized carbons (Fsp3) is 0.455. The Kier molecular flexibility index (Phi) is 3.69. The van der Waals surface area contributed by atoms with Crippen LogP contribution in [-0.4, -0.2) is 21.8 Å². The Labute approximate surface area is 99.3 Å². The molecule has 0 saturated heterocycles. The first-order valence-electron chi connectivity index (χ1n) is 5.44. The van der Waals surface area contributed by atoms with Gasteiger partial charge in [-0.3, -0.25) is 4.68 Å². The lowest BCUT2D eigenvalue weighted by Gasteiger charge is -2.10. The molecule has 2 aromatic rings. The Bertz CT molecular complexity index is 421. The van der Waals surface area contributed by atoms with Crippen molar-refractivity contribution in [3.8, 4) is 0 Å². The number of nitrogens with zero attached hydrogens (tertiary/aromatic N) is 3. The van der Waals surface area contributed by atoms with E-state index in [9.17, 15) is 0 Å². The zero-order valence-electron chi connectivity index (χ0n) is 9.55. The largest absolute Gasteiger partial charge is 0.307 e. The Morgan fingerprint density at radius 1 is 1.56 bits per heavy atom. The highest BCUT2D eigenvalue weighted by Crippen LogP contribution is 2.22. The summed E-state index contributed by atoms with van der Waals surface area (Å²) in [6, 6.07) is 0.158. The highest BCUT2D eigenvalue weighted by molar-refractivity contribution is 7.09. The number of hydrogen-bond donors (Lipinski definition) is 1. The van der Waals surface area contributed by atoms with Crippen molar-refractivity contribution < 1.29 is 0 Å². The molecular formula is C11H16N4S. The van der Waals surface area contributed by atoms with E-state index in [1.165, 1.54) is 5.56 Å². The van der Waals surface area contributed by atoms with E-state index in [2.05, 4.69) is 28.5 Å². The maximum Gasteiger partial charge on any atom is 0.114 e. The number of rotatable bonds is 5. The predicted molar refractivity (Wildman–Crippen MR) is 65.5 cm³/mol. The van der Waals surface area contributed by atoms with Crippen LogP contribution in [0.1, 0.15) is 30.0 Å². The fourth-order valence-electron chi connectivity index (χ4n) is 1.69. The maximum absolute atomic E-state index is 4.34. The molecule has 0 fully saturated rings. The van der Waals surface area contributed by atoms with Gasteiger partial charge >= 0.3 is 0 Å². The normalized spacial score (nSPS) is 12.9. The Morgan fingerprint density at radius 3 is 3.06 bits per heavy atom. The molecular weight excluding hydrogens is 220 g/mol. The third-order valence-corrected chi connectivity index (χ3v) is 3.27. The molecule has 86 valence electrons. The first-order valence-corrected chi connectivity index (χ1v) is 6.32. The Morgan fingerprint density at radius 2 is 2.44 bits per heavy atom. The molecule has 5 heteroatoms. The lowest BCUT2D eigenvalue weighted by Crippen LogP contribution is -2.16. The van der Waals surface area contributed by atoms with E-state index in [1.54, 1.807) is 11.3 Å². The van der Waals surface area contributed by atoms with Crippen molar-refractivity contribution in [2.45, 2.75) is 25.9 Å². The van der Waals surface area contributed by atoms with Crippen molar-refractivity contribution in [3.05, 3.63) is 34.5 Å². The van der Waals surface area contributed by atoms with Gasteiger partial charge in [-0.05, 0) is 13.5 Å². The number of thiazole rings is 1. The van der Waals surface area contributed by atoms with Gasteiger partial charge in [0.25, 0.3) is 0 Å². The van der Waals surface area contributed by atoms with Crippen LogP contribution in [0, 0.1) is 0 Å². The molecule has 1 N–H and O–H groups in total. The third kappa shape index (κ3) is 2.31. The van der Waals surface area contributed by atoms with Gasteiger partial charge in [-0.1, -0.05) is 6.92 Å². The van der Waals surface area contributed by atoms with Crippen LogP contribution in [0.2, 0.25) is 0 Å². The molecule has 0 bridgehead atoms. The molecule has 0 aromatic carbocycles. The van der Waals surface area contributed by atoms with Gasteiger partial charge in [0.1, 0.15) is 5.01 Å². The summed E-state index contributed by atoms with van der Waals surface area (Å²) in [6.07, 6.45) is 6.94. The Balaban J connectivity index is 2.20. The molecule has 0 aliphatic rings. The first kappa shape index (κ1) is 11.3. The topological polar surface area (TPSA) is 42.7 Å². The highest BCUT2D eigenvalue weighted by atomic mass is 32.1. The number of aromatic nitrogens is 3.